The minimum atomic E-state index is -0.726. The first-order chi connectivity index (χ1) is 18.7. The Labute approximate surface area is 243 Å². The van der Waals surface area contributed by atoms with Crippen LogP contribution in [0.1, 0.15) is 93.9 Å². The molecule has 8 heteroatoms. The van der Waals surface area contributed by atoms with Gasteiger partial charge >= 0.3 is 12.1 Å². The second-order valence-electron chi connectivity index (χ2n) is 12.9. The number of carbonyl (C=O) groups excluding carboxylic acids is 3. The van der Waals surface area contributed by atoms with Gasteiger partial charge < -0.3 is 14.2 Å². The summed E-state index contributed by atoms with van der Waals surface area (Å²) in [7, 11) is 2.57. The van der Waals surface area contributed by atoms with E-state index in [9.17, 15) is 14.4 Å². The number of imide groups is 1. The number of ether oxygens (including phenoxy) is 3. The lowest BCUT2D eigenvalue weighted by Crippen LogP contribution is -2.41. The van der Waals surface area contributed by atoms with Crippen LogP contribution in [0.2, 0.25) is 0 Å². The molecule has 0 aliphatic heterocycles. The predicted molar refractivity (Wildman–Crippen MR) is 159 cm³/mol. The van der Waals surface area contributed by atoms with E-state index in [-0.39, 0.29) is 17.4 Å². The molecular weight excluding hydrogens is 526 g/mol. The van der Waals surface area contributed by atoms with Crippen molar-refractivity contribution < 1.29 is 28.6 Å². The van der Waals surface area contributed by atoms with Gasteiger partial charge in [-0.25, -0.2) is 14.5 Å². The first-order valence-corrected chi connectivity index (χ1v) is 14.8. The highest BCUT2D eigenvalue weighted by atomic mass is 32.1. The number of hydrogen-bond acceptors (Lipinski definition) is 7. The Hall–Kier alpha value is -2.87. The Morgan fingerprint density at radius 1 is 1.05 bits per heavy atom. The smallest absolute Gasteiger partial charge is 0.416 e. The zero-order valence-corrected chi connectivity index (χ0v) is 26.3. The molecule has 0 unspecified atom stereocenters. The lowest BCUT2D eigenvalue weighted by molar-refractivity contribution is -0.131. The van der Waals surface area contributed by atoms with Crippen molar-refractivity contribution in [3.8, 4) is 16.2 Å². The van der Waals surface area contributed by atoms with Crippen molar-refractivity contribution in [2.24, 2.45) is 16.7 Å². The molecule has 1 aliphatic carbocycles. The van der Waals surface area contributed by atoms with Gasteiger partial charge in [-0.1, -0.05) is 65.8 Å². The van der Waals surface area contributed by atoms with Crippen molar-refractivity contribution >= 4 is 29.3 Å². The summed E-state index contributed by atoms with van der Waals surface area (Å²) in [6.07, 6.45) is 3.37. The fourth-order valence-corrected chi connectivity index (χ4v) is 7.38. The van der Waals surface area contributed by atoms with Crippen LogP contribution in [0.4, 0.5) is 4.79 Å². The van der Waals surface area contributed by atoms with Gasteiger partial charge in [0.05, 0.1) is 14.2 Å². The molecule has 1 saturated carbocycles. The van der Waals surface area contributed by atoms with E-state index in [2.05, 4.69) is 45.9 Å². The predicted octanol–water partition coefficient (Wildman–Crippen LogP) is 7.85. The molecule has 1 fully saturated rings. The highest BCUT2D eigenvalue weighted by molar-refractivity contribution is 7.18. The van der Waals surface area contributed by atoms with Crippen LogP contribution < -0.4 is 4.74 Å². The van der Waals surface area contributed by atoms with Crippen molar-refractivity contribution in [2.75, 3.05) is 27.4 Å². The van der Waals surface area contributed by atoms with Crippen molar-refractivity contribution in [1.82, 2.24) is 4.90 Å². The van der Waals surface area contributed by atoms with Crippen molar-refractivity contribution in [3.05, 3.63) is 40.3 Å². The molecule has 7 nitrogen and oxygen atoms in total. The monoisotopic (exact) mass is 571 g/mol. The Bertz CT molecular complexity index is 1210. The highest BCUT2D eigenvalue weighted by Gasteiger charge is 2.39. The van der Waals surface area contributed by atoms with E-state index in [4.69, 9.17) is 14.2 Å². The summed E-state index contributed by atoms with van der Waals surface area (Å²) in [6.45, 7) is 15.1. The lowest BCUT2D eigenvalue weighted by atomic mass is 9.60. The molecule has 0 spiro atoms. The first-order valence-electron chi connectivity index (χ1n) is 14.0. The maximum absolute atomic E-state index is 13.0. The van der Waals surface area contributed by atoms with E-state index in [1.807, 2.05) is 26.8 Å². The standard InChI is InChI=1S/C32H45NO6S/c1-20(2)13-14-33(30(36)38-9)25(34)18-39-26-21(3)27(40-28(26)29(35)37-8)23-12-10-11-22(15-23)24-16-31(4,5)19-32(6,7)17-24/h10-12,15,20,24H,13-14,16-19H2,1-9H3. The largest absolute Gasteiger partial charge is 0.482 e. The van der Waals surface area contributed by atoms with Crippen molar-refractivity contribution in [2.45, 2.75) is 80.1 Å². The summed E-state index contributed by atoms with van der Waals surface area (Å²) in [5, 5.41) is 0. The molecule has 1 aromatic heterocycles. The molecule has 0 bridgehead atoms. The molecule has 0 atom stereocenters. The number of esters is 1. The zero-order valence-electron chi connectivity index (χ0n) is 25.5. The molecular formula is C32H45NO6S. The van der Waals surface area contributed by atoms with E-state index in [0.29, 0.717) is 28.9 Å². The van der Waals surface area contributed by atoms with Gasteiger partial charge in [-0.3, -0.25) is 4.79 Å². The molecule has 2 amide bonds. The van der Waals surface area contributed by atoms with Gasteiger partial charge in [-0.2, -0.15) is 0 Å². The molecule has 3 rings (SSSR count). The van der Waals surface area contributed by atoms with E-state index < -0.39 is 24.6 Å². The maximum Gasteiger partial charge on any atom is 0.416 e. The molecule has 0 radical (unpaired) electrons. The molecule has 2 aromatic rings. The van der Waals surface area contributed by atoms with Crippen molar-refractivity contribution in [3.63, 3.8) is 0 Å². The number of nitrogens with zero attached hydrogens (tertiary/aromatic N) is 1. The van der Waals surface area contributed by atoms with Gasteiger partial charge in [-0.15, -0.1) is 11.3 Å². The van der Waals surface area contributed by atoms with Crippen molar-refractivity contribution in [1.29, 1.82) is 0 Å². The van der Waals surface area contributed by atoms with Crippen LogP contribution in [0.15, 0.2) is 24.3 Å². The second kappa shape index (κ2) is 12.8. The number of amides is 2. The average molecular weight is 572 g/mol. The molecule has 0 N–H and O–H groups in total. The fraction of sp³-hybridized carbons (Fsp3) is 0.594. The van der Waals surface area contributed by atoms with Crippen LogP contribution >= 0.6 is 11.3 Å². The number of hydrogen-bond donors (Lipinski definition) is 0. The van der Waals surface area contributed by atoms with Gasteiger partial charge in [0.2, 0.25) is 0 Å². The minimum absolute atomic E-state index is 0.228. The average Bonchev–Trinajstić information content (AvgIpc) is 3.20. The van der Waals surface area contributed by atoms with Crippen LogP contribution in [0.3, 0.4) is 0 Å². The third-order valence-electron chi connectivity index (χ3n) is 7.60. The maximum atomic E-state index is 13.0. The number of thiophene rings is 1. The first kappa shape index (κ1) is 31.7. The zero-order chi connectivity index (χ0) is 29.8. The molecule has 0 saturated heterocycles. The number of benzene rings is 1. The van der Waals surface area contributed by atoms with Gasteiger partial charge in [-0.05, 0) is 66.4 Å². The van der Waals surface area contributed by atoms with Gasteiger partial charge in [0.25, 0.3) is 5.91 Å². The van der Waals surface area contributed by atoms with E-state index in [1.165, 1.54) is 37.5 Å². The van der Waals surface area contributed by atoms with Gasteiger partial charge in [0.15, 0.2) is 11.5 Å². The van der Waals surface area contributed by atoms with Crippen LogP contribution in [-0.4, -0.2) is 50.2 Å². The number of methoxy groups -OCH3 is 2. The fourth-order valence-electron chi connectivity index (χ4n) is 6.22. The second-order valence-corrected chi connectivity index (χ2v) is 13.9. The topological polar surface area (TPSA) is 82.1 Å². The molecule has 1 heterocycles. The van der Waals surface area contributed by atoms with E-state index in [1.54, 1.807) is 0 Å². The Morgan fingerprint density at radius 3 is 2.27 bits per heavy atom. The number of carbonyl (C=O) groups is 3. The van der Waals surface area contributed by atoms with E-state index >= 15 is 0 Å². The Morgan fingerprint density at radius 2 is 1.70 bits per heavy atom. The third-order valence-corrected chi connectivity index (χ3v) is 8.91. The summed E-state index contributed by atoms with van der Waals surface area (Å²) in [6, 6.07) is 8.54. The number of rotatable bonds is 9. The van der Waals surface area contributed by atoms with Crippen LogP contribution in [0.25, 0.3) is 10.4 Å². The van der Waals surface area contributed by atoms with Crippen LogP contribution in [0, 0.1) is 23.7 Å². The van der Waals surface area contributed by atoms with Crippen LogP contribution in [-0.2, 0) is 14.3 Å². The molecule has 1 aromatic carbocycles. The summed E-state index contributed by atoms with van der Waals surface area (Å²) in [4.78, 5) is 40.2. The third kappa shape index (κ3) is 7.65. The Kier molecular flexibility index (Phi) is 10.1. The molecule has 220 valence electrons. The molecule has 40 heavy (non-hydrogen) atoms. The SMILES string of the molecule is COC(=O)c1sc(-c2cccc(C3CC(C)(C)CC(C)(C)C3)c2)c(C)c1OCC(=O)N(CCC(C)C)C(=O)OC. The quantitative estimate of drug-likeness (QED) is 0.285. The van der Waals surface area contributed by atoms with E-state index in [0.717, 1.165) is 33.7 Å². The highest BCUT2D eigenvalue weighted by Crippen LogP contribution is 2.52. The molecule has 1 aliphatic rings. The van der Waals surface area contributed by atoms with Crippen LogP contribution in [0.5, 0.6) is 5.75 Å². The minimum Gasteiger partial charge on any atom is -0.482 e. The normalized spacial score (nSPS) is 16.4. The summed E-state index contributed by atoms with van der Waals surface area (Å²) in [5.74, 6) is -0.00454. The lowest BCUT2D eigenvalue weighted by Gasteiger charge is -2.45. The summed E-state index contributed by atoms with van der Waals surface area (Å²) >= 11 is 1.30. The van der Waals surface area contributed by atoms with Gasteiger partial charge in [0.1, 0.15) is 5.75 Å². The Balaban J connectivity index is 1.91. The summed E-state index contributed by atoms with van der Waals surface area (Å²) < 4.78 is 15.8. The van der Waals surface area contributed by atoms with Gasteiger partial charge in [0, 0.05) is 17.0 Å². The summed E-state index contributed by atoms with van der Waals surface area (Å²) in [5.41, 5.74) is 3.58.